The summed E-state index contributed by atoms with van der Waals surface area (Å²) in [4.78, 5) is 40.4. The maximum absolute atomic E-state index is 12.4. The van der Waals surface area contributed by atoms with E-state index in [1.165, 1.54) is 18.7 Å². The first kappa shape index (κ1) is 13.5. The van der Waals surface area contributed by atoms with Gasteiger partial charge in [0.15, 0.2) is 0 Å². The SMILES string of the molecule is Cn1c(=O)c2c(C(=O)O)c3c(nc2n(C)c1=O)CCCC3. The van der Waals surface area contributed by atoms with Crippen molar-refractivity contribution in [3.8, 4) is 0 Å². The number of fused-ring (bicyclic) bond motifs is 2. The molecule has 2 aromatic rings. The standard InChI is InChI=1S/C14H15N3O4/c1-16-11-10(12(18)17(2)14(16)21)9(13(19)20)7-5-3-4-6-8(7)15-11/h3-6H2,1-2H3,(H,19,20). The van der Waals surface area contributed by atoms with Crippen molar-refractivity contribution < 1.29 is 9.90 Å². The molecule has 2 aromatic heterocycles. The van der Waals surface area contributed by atoms with Crippen LogP contribution in [0.15, 0.2) is 9.59 Å². The summed E-state index contributed by atoms with van der Waals surface area (Å²) in [5.41, 5.74) is 0.372. The van der Waals surface area contributed by atoms with Gasteiger partial charge >= 0.3 is 11.7 Å². The number of carbonyl (C=O) groups is 1. The van der Waals surface area contributed by atoms with Gasteiger partial charge in [-0.1, -0.05) is 0 Å². The minimum atomic E-state index is -1.14. The molecule has 3 rings (SSSR count). The normalized spacial score (nSPS) is 14.2. The third kappa shape index (κ3) is 1.80. The van der Waals surface area contributed by atoms with E-state index in [1.807, 2.05) is 0 Å². The molecule has 0 aromatic carbocycles. The Hall–Kier alpha value is -2.44. The summed E-state index contributed by atoms with van der Waals surface area (Å²) in [6.45, 7) is 0. The minimum absolute atomic E-state index is 0.00546. The van der Waals surface area contributed by atoms with Crippen LogP contribution in [0.4, 0.5) is 0 Å². The van der Waals surface area contributed by atoms with E-state index in [4.69, 9.17) is 0 Å². The van der Waals surface area contributed by atoms with Gasteiger partial charge in [0.2, 0.25) is 0 Å². The number of carboxylic acids is 1. The first-order valence-corrected chi connectivity index (χ1v) is 6.78. The van der Waals surface area contributed by atoms with Crippen LogP contribution in [0, 0.1) is 0 Å². The Kier molecular flexibility index (Phi) is 2.93. The molecule has 0 spiro atoms. The molecule has 0 fully saturated rings. The van der Waals surface area contributed by atoms with Crippen molar-refractivity contribution in [3.63, 3.8) is 0 Å². The molecule has 0 radical (unpaired) electrons. The van der Waals surface area contributed by atoms with Crippen molar-refractivity contribution in [2.24, 2.45) is 14.1 Å². The zero-order chi connectivity index (χ0) is 15.3. The largest absolute Gasteiger partial charge is 0.478 e. The van der Waals surface area contributed by atoms with Gasteiger partial charge in [-0.05, 0) is 31.2 Å². The van der Waals surface area contributed by atoms with Gasteiger partial charge in [-0.3, -0.25) is 13.9 Å². The Morgan fingerprint density at radius 3 is 2.48 bits per heavy atom. The fourth-order valence-electron chi connectivity index (χ4n) is 2.98. The summed E-state index contributed by atoms with van der Waals surface area (Å²) in [7, 11) is 2.84. The monoisotopic (exact) mass is 289 g/mol. The van der Waals surface area contributed by atoms with Crippen molar-refractivity contribution in [2.45, 2.75) is 25.7 Å². The fraction of sp³-hybridized carbons (Fsp3) is 0.429. The molecular formula is C14H15N3O4. The Balaban J connectivity index is 2.63. The Bertz CT molecular complexity index is 892. The highest BCUT2D eigenvalue weighted by atomic mass is 16.4. The third-order valence-electron chi connectivity index (χ3n) is 4.08. The maximum atomic E-state index is 12.4. The highest BCUT2D eigenvalue weighted by Crippen LogP contribution is 2.27. The van der Waals surface area contributed by atoms with Crippen molar-refractivity contribution in [3.05, 3.63) is 37.7 Å². The van der Waals surface area contributed by atoms with Gasteiger partial charge in [-0.2, -0.15) is 0 Å². The van der Waals surface area contributed by atoms with E-state index in [-0.39, 0.29) is 16.6 Å². The van der Waals surface area contributed by atoms with Gasteiger partial charge in [0.25, 0.3) is 5.56 Å². The highest BCUT2D eigenvalue weighted by Gasteiger charge is 2.26. The molecule has 110 valence electrons. The van der Waals surface area contributed by atoms with Gasteiger partial charge in [0, 0.05) is 19.8 Å². The van der Waals surface area contributed by atoms with E-state index in [9.17, 15) is 19.5 Å². The third-order valence-corrected chi connectivity index (χ3v) is 4.08. The van der Waals surface area contributed by atoms with Crippen LogP contribution < -0.4 is 11.2 Å². The number of hydrogen-bond donors (Lipinski definition) is 1. The summed E-state index contributed by atoms with van der Waals surface area (Å²) >= 11 is 0. The maximum Gasteiger partial charge on any atom is 0.336 e. The Morgan fingerprint density at radius 1 is 1.14 bits per heavy atom. The second kappa shape index (κ2) is 4.54. The lowest BCUT2D eigenvalue weighted by Gasteiger charge is -2.19. The van der Waals surface area contributed by atoms with E-state index >= 15 is 0 Å². The predicted molar refractivity (Wildman–Crippen MR) is 75.8 cm³/mol. The summed E-state index contributed by atoms with van der Waals surface area (Å²) in [6, 6.07) is 0. The summed E-state index contributed by atoms with van der Waals surface area (Å²) in [5, 5.41) is 9.57. The van der Waals surface area contributed by atoms with Gasteiger partial charge in [-0.25, -0.2) is 14.6 Å². The molecule has 0 saturated heterocycles. The molecule has 0 amide bonds. The number of aromatic carboxylic acids is 1. The zero-order valence-corrected chi connectivity index (χ0v) is 11.8. The number of pyridine rings is 1. The zero-order valence-electron chi connectivity index (χ0n) is 11.8. The van der Waals surface area contributed by atoms with Gasteiger partial charge in [0.1, 0.15) is 5.65 Å². The molecule has 21 heavy (non-hydrogen) atoms. The molecule has 7 nitrogen and oxygen atoms in total. The molecule has 0 bridgehead atoms. The van der Waals surface area contributed by atoms with Crippen molar-refractivity contribution in [2.75, 3.05) is 0 Å². The number of hydrogen-bond acceptors (Lipinski definition) is 4. The lowest BCUT2D eigenvalue weighted by Crippen LogP contribution is -2.38. The lowest BCUT2D eigenvalue weighted by atomic mass is 9.90. The van der Waals surface area contributed by atoms with Crippen molar-refractivity contribution >= 4 is 17.0 Å². The van der Waals surface area contributed by atoms with Crippen LogP contribution in [-0.4, -0.2) is 25.2 Å². The van der Waals surface area contributed by atoms with Crippen molar-refractivity contribution in [1.82, 2.24) is 14.1 Å². The van der Waals surface area contributed by atoms with E-state index in [2.05, 4.69) is 4.98 Å². The van der Waals surface area contributed by atoms with Gasteiger partial charge in [0.05, 0.1) is 10.9 Å². The summed E-state index contributed by atoms with van der Waals surface area (Å²) < 4.78 is 2.16. The molecule has 1 N–H and O–H groups in total. The van der Waals surface area contributed by atoms with Crippen LogP contribution in [0.3, 0.4) is 0 Å². The molecule has 0 saturated carbocycles. The average Bonchev–Trinajstić information content (AvgIpc) is 2.48. The molecule has 0 atom stereocenters. The van der Waals surface area contributed by atoms with Crippen LogP contribution >= 0.6 is 0 Å². The van der Waals surface area contributed by atoms with Crippen LogP contribution in [0.2, 0.25) is 0 Å². The average molecular weight is 289 g/mol. The van der Waals surface area contributed by atoms with Crippen LogP contribution in [0.25, 0.3) is 11.0 Å². The number of nitrogens with zero attached hydrogens (tertiary/aromatic N) is 3. The predicted octanol–water partition coefficient (Wildman–Crippen LogP) is 0.209. The highest BCUT2D eigenvalue weighted by molar-refractivity contribution is 6.03. The number of carboxylic acid groups (broad SMARTS) is 1. The van der Waals surface area contributed by atoms with E-state index < -0.39 is 17.2 Å². The molecule has 2 heterocycles. The molecule has 0 unspecified atom stereocenters. The van der Waals surface area contributed by atoms with Crippen molar-refractivity contribution in [1.29, 1.82) is 0 Å². The van der Waals surface area contributed by atoms with E-state index in [0.29, 0.717) is 24.1 Å². The Morgan fingerprint density at radius 2 is 1.81 bits per heavy atom. The molecule has 1 aliphatic carbocycles. The summed E-state index contributed by atoms with van der Waals surface area (Å²) in [6.07, 6.45) is 3.09. The summed E-state index contributed by atoms with van der Waals surface area (Å²) in [5.74, 6) is -1.14. The number of rotatable bonds is 1. The molecule has 7 heteroatoms. The quantitative estimate of drug-likeness (QED) is 0.810. The van der Waals surface area contributed by atoms with Crippen LogP contribution in [0.1, 0.15) is 34.5 Å². The Labute approximate surface area is 119 Å². The first-order chi connectivity index (χ1) is 9.93. The minimum Gasteiger partial charge on any atom is -0.478 e. The van der Waals surface area contributed by atoms with E-state index in [1.54, 1.807) is 0 Å². The molecular weight excluding hydrogens is 274 g/mol. The number of aryl methyl sites for hydroxylation is 2. The second-order valence-corrected chi connectivity index (χ2v) is 5.33. The first-order valence-electron chi connectivity index (χ1n) is 6.78. The smallest absolute Gasteiger partial charge is 0.336 e. The second-order valence-electron chi connectivity index (χ2n) is 5.33. The topological polar surface area (TPSA) is 94.2 Å². The molecule has 0 aliphatic heterocycles. The van der Waals surface area contributed by atoms with E-state index in [0.717, 1.165) is 17.4 Å². The van der Waals surface area contributed by atoms with Crippen LogP contribution in [-0.2, 0) is 26.9 Å². The van der Waals surface area contributed by atoms with Gasteiger partial charge in [-0.15, -0.1) is 0 Å². The number of aromatic nitrogens is 3. The van der Waals surface area contributed by atoms with Crippen LogP contribution in [0.5, 0.6) is 0 Å². The van der Waals surface area contributed by atoms with Gasteiger partial charge < -0.3 is 5.11 Å². The lowest BCUT2D eigenvalue weighted by molar-refractivity contribution is 0.0697. The fourth-order valence-corrected chi connectivity index (χ4v) is 2.98. The molecule has 1 aliphatic rings.